The van der Waals surface area contributed by atoms with E-state index in [4.69, 9.17) is 4.74 Å². The molecule has 5 nitrogen and oxygen atoms in total. The van der Waals surface area contributed by atoms with Crippen molar-refractivity contribution in [3.8, 4) is 5.75 Å². The number of nitrogens with one attached hydrogen (secondary N) is 1. The van der Waals surface area contributed by atoms with Crippen LogP contribution in [-0.2, 0) is 9.53 Å². The van der Waals surface area contributed by atoms with E-state index >= 15 is 0 Å². The topological polar surface area (TPSA) is 75.6 Å². The largest absolute Gasteiger partial charge is 0.507 e. The molecule has 3 aromatic rings. The summed E-state index contributed by atoms with van der Waals surface area (Å²) in [5.74, 6) is -1.31. The van der Waals surface area contributed by atoms with E-state index in [1.165, 1.54) is 12.1 Å². The molecule has 1 amide bonds. The minimum absolute atomic E-state index is 0.0375. The van der Waals surface area contributed by atoms with Gasteiger partial charge in [-0.1, -0.05) is 48.5 Å². The van der Waals surface area contributed by atoms with Gasteiger partial charge in [0.25, 0.3) is 5.91 Å². The van der Waals surface area contributed by atoms with E-state index in [0.29, 0.717) is 0 Å². The number of aryl methyl sites for hydroxylation is 1. The number of amides is 1. The predicted octanol–water partition coefficient (Wildman–Crippen LogP) is 3.89. The second-order valence-corrected chi connectivity index (χ2v) is 6.45. The number of fused-ring (bicyclic) bond motifs is 1. The molecule has 138 valence electrons. The maximum Gasteiger partial charge on any atom is 0.342 e. The minimum atomic E-state index is -0.736. The Labute approximate surface area is 157 Å². The van der Waals surface area contributed by atoms with Crippen molar-refractivity contribution in [2.45, 2.75) is 19.9 Å². The van der Waals surface area contributed by atoms with Crippen LogP contribution in [0.25, 0.3) is 10.8 Å². The molecule has 0 spiro atoms. The normalized spacial score (nSPS) is 11.8. The Bertz CT molecular complexity index is 991. The first-order chi connectivity index (χ1) is 13.0. The lowest BCUT2D eigenvalue weighted by molar-refractivity contribution is -0.124. The van der Waals surface area contributed by atoms with Crippen molar-refractivity contribution in [3.05, 3.63) is 77.4 Å². The van der Waals surface area contributed by atoms with E-state index in [2.05, 4.69) is 5.32 Å². The average molecular weight is 363 g/mol. The number of phenols is 1. The number of hydrogen-bond donors (Lipinski definition) is 2. The van der Waals surface area contributed by atoms with Crippen LogP contribution in [0.3, 0.4) is 0 Å². The maximum atomic E-state index is 12.2. The molecule has 0 aromatic heterocycles. The zero-order valence-corrected chi connectivity index (χ0v) is 15.2. The fourth-order valence-corrected chi connectivity index (χ4v) is 3.01. The molecule has 0 saturated heterocycles. The number of hydrogen-bond acceptors (Lipinski definition) is 4. The summed E-state index contributed by atoms with van der Waals surface area (Å²) >= 11 is 0. The van der Waals surface area contributed by atoms with Crippen molar-refractivity contribution < 1.29 is 19.4 Å². The molecular weight excluding hydrogens is 342 g/mol. The number of benzene rings is 3. The monoisotopic (exact) mass is 363 g/mol. The standard InChI is InChI=1S/C22H21NO4/c1-14-10-11-19(20(24)12-14)22(26)27-13-21(25)23-15(2)17-9-5-7-16-6-3-4-8-18(16)17/h3-12,15,24H,13H2,1-2H3,(H,23,25)/t15-/m1/s1. The third kappa shape index (κ3) is 4.26. The molecule has 3 rings (SSSR count). The Morgan fingerprint density at radius 1 is 1.07 bits per heavy atom. The van der Waals surface area contributed by atoms with Gasteiger partial charge in [0, 0.05) is 0 Å². The van der Waals surface area contributed by atoms with Crippen molar-refractivity contribution in [3.63, 3.8) is 0 Å². The van der Waals surface area contributed by atoms with Crippen LogP contribution in [0.5, 0.6) is 5.75 Å². The zero-order chi connectivity index (χ0) is 19.4. The number of aromatic hydroxyl groups is 1. The first kappa shape index (κ1) is 18.5. The molecule has 0 aliphatic heterocycles. The van der Waals surface area contributed by atoms with Crippen molar-refractivity contribution in [1.29, 1.82) is 0 Å². The second kappa shape index (κ2) is 7.91. The summed E-state index contributed by atoms with van der Waals surface area (Å²) in [6.07, 6.45) is 0. The fourth-order valence-electron chi connectivity index (χ4n) is 3.01. The number of esters is 1. The van der Waals surface area contributed by atoms with Crippen molar-refractivity contribution in [1.82, 2.24) is 5.32 Å². The fraction of sp³-hybridized carbons (Fsp3) is 0.182. The van der Waals surface area contributed by atoms with Crippen molar-refractivity contribution in [2.24, 2.45) is 0 Å². The van der Waals surface area contributed by atoms with E-state index in [1.54, 1.807) is 13.0 Å². The van der Waals surface area contributed by atoms with E-state index in [-0.39, 0.29) is 17.4 Å². The second-order valence-electron chi connectivity index (χ2n) is 6.45. The number of ether oxygens (including phenoxy) is 1. The smallest absolute Gasteiger partial charge is 0.342 e. The highest BCUT2D eigenvalue weighted by molar-refractivity contribution is 5.94. The van der Waals surface area contributed by atoms with Gasteiger partial charge in [-0.25, -0.2) is 4.79 Å². The lowest BCUT2D eigenvalue weighted by Gasteiger charge is -2.16. The minimum Gasteiger partial charge on any atom is -0.507 e. The molecule has 0 fully saturated rings. The van der Waals surface area contributed by atoms with Gasteiger partial charge in [0.05, 0.1) is 6.04 Å². The summed E-state index contributed by atoms with van der Waals surface area (Å²) in [6, 6.07) is 18.3. The van der Waals surface area contributed by atoms with Gasteiger partial charge in [0.15, 0.2) is 6.61 Å². The van der Waals surface area contributed by atoms with Gasteiger partial charge < -0.3 is 15.2 Å². The molecule has 0 bridgehead atoms. The van der Waals surface area contributed by atoms with Gasteiger partial charge in [-0.3, -0.25) is 4.79 Å². The number of rotatable bonds is 5. The molecule has 0 radical (unpaired) electrons. The first-order valence-electron chi connectivity index (χ1n) is 8.69. The van der Waals surface area contributed by atoms with Gasteiger partial charge in [-0.15, -0.1) is 0 Å². The molecule has 0 unspecified atom stereocenters. The van der Waals surface area contributed by atoms with E-state index in [1.807, 2.05) is 49.4 Å². The summed E-state index contributed by atoms with van der Waals surface area (Å²) in [5, 5.41) is 14.8. The Balaban J connectivity index is 1.62. The SMILES string of the molecule is Cc1ccc(C(=O)OCC(=O)N[C@H](C)c2cccc3ccccc23)c(O)c1. The van der Waals surface area contributed by atoms with Crippen LogP contribution < -0.4 is 5.32 Å². The van der Waals surface area contributed by atoms with Gasteiger partial charge in [0.2, 0.25) is 0 Å². The Morgan fingerprint density at radius 2 is 1.81 bits per heavy atom. The zero-order valence-electron chi connectivity index (χ0n) is 15.2. The lowest BCUT2D eigenvalue weighted by Crippen LogP contribution is -2.31. The van der Waals surface area contributed by atoms with E-state index in [0.717, 1.165) is 21.9 Å². The van der Waals surface area contributed by atoms with Crippen LogP contribution in [0.15, 0.2) is 60.7 Å². The maximum absolute atomic E-state index is 12.2. The Kier molecular flexibility index (Phi) is 5.41. The molecule has 0 saturated carbocycles. The van der Waals surface area contributed by atoms with Gasteiger partial charge in [0.1, 0.15) is 11.3 Å². The highest BCUT2D eigenvalue weighted by Crippen LogP contribution is 2.24. The molecule has 1 atom stereocenters. The highest BCUT2D eigenvalue weighted by Gasteiger charge is 2.16. The van der Waals surface area contributed by atoms with Crippen LogP contribution in [0.2, 0.25) is 0 Å². The first-order valence-corrected chi connectivity index (χ1v) is 8.69. The molecule has 2 N–H and O–H groups in total. The van der Waals surface area contributed by atoms with E-state index < -0.39 is 18.5 Å². The summed E-state index contributed by atoms with van der Waals surface area (Å²) in [6.45, 7) is 3.27. The molecular formula is C22H21NO4. The summed E-state index contributed by atoms with van der Waals surface area (Å²) in [5.41, 5.74) is 1.85. The number of phenolic OH excluding ortho intramolecular Hbond substituents is 1. The number of carbonyl (C=O) groups excluding carboxylic acids is 2. The summed E-state index contributed by atoms with van der Waals surface area (Å²) in [4.78, 5) is 24.2. The summed E-state index contributed by atoms with van der Waals surface area (Å²) in [7, 11) is 0. The Hall–Kier alpha value is -3.34. The van der Waals surface area contributed by atoms with Crippen molar-refractivity contribution >= 4 is 22.6 Å². The molecule has 27 heavy (non-hydrogen) atoms. The molecule has 3 aromatic carbocycles. The Morgan fingerprint density at radius 3 is 2.59 bits per heavy atom. The third-order valence-corrected chi connectivity index (χ3v) is 4.37. The van der Waals surface area contributed by atoms with E-state index in [9.17, 15) is 14.7 Å². The van der Waals surface area contributed by atoms with Crippen molar-refractivity contribution in [2.75, 3.05) is 6.61 Å². The average Bonchev–Trinajstić information content (AvgIpc) is 2.65. The lowest BCUT2D eigenvalue weighted by atomic mass is 10.00. The van der Waals surface area contributed by atoms with Crippen LogP contribution in [0.1, 0.15) is 34.5 Å². The quantitative estimate of drug-likeness (QED) is 0.675. The van der Waals surface area contributed by atoms with Crippen LogP contribution in [-0.4, -0.2) is 23.6 Å². The molecule has 0 heterocycles. The molecule has 0 aliphatic carbocycles. The molecule has 5 heteroatoms. The highest BCUT2D eigenvalue weighted by atomic mass is 16.5. The van der Waals surface area contributed by atoms with Crippen LogP contribution >= 0.6 is 0 Å². The summed E-state index contributed by atoms with van der Waals surface area (Å²) < 4.78 is 5.02. The van der Waals surface area contributed by atoms with Crippen LogP contribution in [0, 0.1) is 6.92 Å². The van der Waals surface area contributed by atoms with Gasteiger partial charge in [-0.2, -0.15) is 0 Å². The third-order valence-electron chi connectivity index (χ3n) is 4.37. The van der Waals surface area contributed by atoms with Gasteiger partial charge in [-0.05, 0) is 47.9 Å². The predicted molar refractivity (Wildman–Crippen MR) is 104 cm³/mol. The molecule has 0 aliphatic rings. The number of carbonyl (C=O) groups is 2. The van der Waals surface area contributed by atoms with Crippen LogP contribution in [0.4, 0.5) is 0 Å². The van der Waals surface area contributed by atoms with Gasteiger partial charge >= 0.3 is 5.97 Å².